The van der Waals surface area contributed by atoms with Gasteiger partial charge in [0.15, 0.2) is 6.10 Å². The molecule has 0 aromatic heterocycles. The third-order valence-electron chi connectivity index (χ3n) is 3.30. The fourth-order valence-corrected chi connectivity index (χ4v) is 2.21. The molecule has 0 aliphatic carbocycles. The molecule has 0 saturated heterocycles. The van der Waals surface area contributed by atoms with Gasteiger partial charge in [-0.3, -0.25) is 9.59 Å². The molecule has 0 radical (unpaired) electrons. The minimum absolute atomic E-state index is 0.112. The predicted molar refractivity (Wildman–Crippen MR) is 90.4 cm³/mol. The number of benzene rings is 2. The lowest BCUT2D eigenvalue weighted by molar-refractivity contribution is -0.153. The molecular weight excluding hydrogens is 333 g/mol. The molecule has 2 aromatic rings. The van der Waals surface area contributed by atoms with Crippen LogP contribution in [-0.4, -0.2) is 18.0 Å². The first-order valence-corrected chi connectivity index (χ1v) is 7.82. The van der Waals surface area contributed by atoms with Gasteiger partial charge in [0.2, 0.25) is 0 Å². The summed E-state index contributed by atoms with van der Waals surface area (Å²) in [7, 11) is 0. The summed E-state index contributed by atoms with van der Waals surface area (Å²) in [4.78, 5) is 23.8. The summed E-state index contributed by atoms with van der Waals surface area (Å²) in [6.45, 7) is 1.50. The van der Waals surface area contributed by atoms with Gasteiger partial charge >= 0.3 is 5.97 Å². The van der Waals surface area contributed by atoms with Gasteiger partial charge in [0, 0.05) is 17.1 Å². The largest absolute Gasteiger partial charge is 0.453 e. The number of carbonyl (C=O) groups is 2. The number of anilines is 1. The number of halogens is 2. The Hall–Kier alpha value is -2.40. The van der Waals surface area contributed by atoms with Crippen molar-refractivity contribution in [1.82, 2.24) is 0 Å². The Bertz CT molecular complexity index is 718. The number of carbonyl (C=O) groups excluding carboxylic acids is 2. The van der Waals surface area contributed by atoms with Gasteiger partial charge in [-0.2, -0.15) is 0 Å². The van der Waals surface area contributed by atoms with Crippen LogP contribution >= 0.6 is 11.6 Å². The molecule has 0 aliphatic rings. The number of hydrogen-bond donors (Lipinski definition) is 1. The predicted octanol–water partition coefficient (Wildman–Crippen LogP) is 3.98. The Morgan fingerprint density at radius 2 is 1.92 bits per heavy atom. The van der Waals surface area contributed by atoms with Gasteiger partial charge in [-0.25, -0.2) is 4.39 Å². The lowest BCUT2D eigenvalue weighted by atomic mass is 10.1. The Morgan fingerprint density at radius 3 is 2.58 bits per heavy atom. The SMILES string of the molecule is C[C@H](OC(=O)CCc1ccc(F)cc1)C(=O)Nc1cccc(Cl)c1. The van der Waals surface area contributed by atoms with Crippen molar-refractivity contribution in [2.75, 3.05) is 5.32 Å². The lowest BCUT2D eigenvalue weighted by Crippen LogP contribution is -2.30. The first-order chi connectivity index (χ1) is 11.4. The average molecular weight is 350 g/mol. The number of esters is 1. The third kappa shape index (κ3) is 5.66. The highest BCUT2D eigenvalue weighted by atomic mass is 35.5. The van der Waals surface area contributed by atoms with Crippen LogP contribution in [0.2, 0.25) is 5.02 Å². The molecule has 0 spiro atoms. The van der Waals surface area contributed by atoms with Crippen molar-refractivity contribution in [2.24, 2.45) is 0 Å². The van der Waals surface area contributed by atoms with Gasteiger partial charge < -0.3 is 10.1 Å². The Balaban J connectivity index is 1.80. The smallest absolute Gasteiger partial charge is 0.306 e. The Labute approximate surface area is 144 Å². The maximum absolute atomic E-state index is 12.8. The number of nitrogens with one attached hydrogen (secondary N) is 1. The van der Waals surface area contributed by atoms with Crippen molar-refractivity contribution >= 4 is 29.2 Å². The monoisotopic (exact) mass is 349 g/mol. The van der Waals surface area contributed by atoms with Crippen molar-refractivity contribution in [3.8, 4) is 0 Å². The second-order valence-electron chi connectivity index (χ2n) is 5.26. The third-order valence-corrected chi connectivity index (χ3v) is 3.54. The van der Waals surface area contributed by atoms with Crippen LogP contribution in [0.3, 0.4) is 0 Å². The fourth-order valence-electron chi connectivity index (χ4n) is 2.02. The van der Waals surface area contributed by atoms with Gasteiger partial charge in [0.25, 0.3) is 5.91 Å². The molecule has 0 bridgehead atoms. The maximum Gasteiger partial charge on any atom is 0.306 e. The van der Waals surface area contributed by atoms with Gasteiger partial charge in [-0.1, -0.05) is 29.8 Å². The molecule has 2 aromatic carbocycles. The average Bonchev–Trinajstić information content (AvgIpc) is 2.54. The molecule has 1 N–H and O–H groups in total. The summed E-state index contributed by atoms with van der Waals surface area (Å²) in [6, 6.07) is 12.6. The maximum atomic E-state index is 12.8. The normalized spacial score (nSPS) is 11.6. The van der Waals surface area contributed by atoms with Gasteiger partial charge in [0.1, 0.15) is 5.82 Å². The molecule has 1 amide bonds. The standard InChI is InChI=1S/C18H17ClFNO3/c1-12(18(23)21-16-4-2-3-14(19)11-16)24-17(22)10-7-13-5-8-15(20)9-6-13/h2-6,8-9,11-12H,7,10H2,1H3,(H,21,23)/t12-/m0/s1. The van der Waals surface area contributed by atoms with Crippen LogP contribution in [0.5, 0.6) is 0 Å². The van der Waals surface area contributed by atoms with Crippen LogP contribution in [0.25, 0.3) is 0 Å². The summed E-state index contributed by atoms with van der Waals surface area (Å²) < 4.78 is 17.9. The highest BCUT2D eigenvalue weighted by molar-refractivity contribution is 6.30. The molecular formula is C18H17ClFNO3. The molecule has 0 fully saturated rings. The number of amides is 1. The van der Waals surface area contributed by atoms with E-state index in [0.29, 0.717) is 17.1 Å². The van der Waals surface area contributed by atoms with Gasteiger partial charge in [-0.15, -0.1) is 0 Å². The molecule has 6 heteroatoms. The van der Waals surface area contributed by atoms with E-state index in [9.17, 15) is 14.0 Å². The first kappa shape index (κ1) is 17.9. The highest BCUT2D eigenvalue weighted by Crippen LogP contribution is 2.15. The summed E-state index contributed by atoms with van der Waals surface area (Å²) >= 11 is 5.84. The van der Waals surface area contributed by atoms with Crippen molar-refractivity contribution in [1.29, 1.82) is 0 Å². The summed E-state index contributed by atoms with van der Waals surface area (Å²) in [6.07, 6.45) is -0.396. The van der Waals surface area contributed by atoms with Crippen LogP contribution in [0.4, 0.5) is 10.1 Å². The minimum atomic E-state index is -0.926. The molecule has 4 nitrogen and oxygen atoms in total. The summed E-state index contributed by atoms with van der Waals surface area (Å²) in [5.41, 5.74) is 1.35. The van der Waals surface area contributed by atoms with E-state index in [1.54, 1.807) is 36.4 Å². The number of ether oxygens (including phenoxy) is 1. The number of aryl methyl sites for hydroxylation is 1. The van der Waals surface area contributed by atoms with Gasteiger partial charge in [-0.05, 0) is 49.2 Å². The van der Waals surface area contributed by atoms with Crippen LogP contribution in [0.15, 0.2) is 48.5 Å². The second-order valence-corrected chi connectivity index (χ2v) is 5.69. The van der Waals surface area contributed by atoms with E-state index < -0.39 is 18.0 Å². The molecule has 0 unspecified atom stereocenters. The van der Waals surface area contributed by atoms with Crippen LogP contribution in [0.1, 0.15) is 18.9 Å². The highest BCUT2D eigenvalue weighted by Gasteiger charge is 2.18. The Kier molecular flexibility index (Phi) is 6.32. The molecule has 0 saturated carbocycles. The van der Waals surface area contributed by atoms with Gasteiger partial charge in [0.05, 0.1) is 0 Å². The number of rotatable bonds is 6. The number of hydrogen-bond acceptors (Lipinski definition) is 3. The van der Waals surface area contributed by atoms with Crippen molar-refractivity contribution in [3.63, 3.8) is 0 Å². The zero-order valence-electron chi connectivity index (χ0n) is 13.1. The van der Waals surface area contributed by atoms with E-state index in [2.05, 4.69) is 5.32 Å². The minimum Gasteiger partial charge on any atom is -0.453 e. The zero-order chi connectivity index (χ0) is 17.5. The first-order valence-electron chi connectivity index (χ1n) is 7.44. The second kappa shape index (κ2) is 8.45. The van der Waals surface area contributed by atoms with E-state index in [4.69, 9.17) is 16.3 Å². The van der Waals surface area contributed by atoms with E-state index in [1.165, 1.54) is 19.1 Å². The summed E-state index contributed by atoms with van der Waals surface area (Å²) in [5, 5.41) is 3.12. The van der Waals surface area contributed by atoms with E-state index in [-0.39, 0.29) is 12.2 Å². The molecule has 126 valence electrons. The quantitative estimate of drug-likeness (QED) is 0.802. The van der Waals surface area contributed by atoms with E-state index in [0.717, 1.165) is 5.56 Å². The fraction of sp³-hybridized carbons (Fsp3) is 0.222. The van der Waals surface area contributed by atoms with E-state index >= 15 is 0 Å². The topological polar surface area (TPSA) is 55.4 Å². The van der Waals surface area contributed by atoms with Crippen LogP contribution < -0.4 is 5.32 Å². The molecule has 0 heterocycles. The zero-order valence-corrected chi connectivity index (χ0v) is 13.8. The molecule has 0 aliphatic heterocycles. The molecule has 24 heavy (non-hydrogen) atoms. The lowest BCUT2D eigenvalue weighted by Gasteiger charge is -2.13. The Morgan fingerprint density at radius 1 is 1.21 bits per heavy atom. The molecule has 1 atom stereocenters. The summed E-state index contributed by atoms with van der Waals surface area (Å²) in [5.74, 6) is -1.26. The molecule has 2 rings (SSSR count). The van der Waals surface area contributed by atoms with Crippen LogP contribution in [0, 0.1) is 5.82 Å². The van der Waals surface area contributed by atoms with Crippen molar-refractivity contribution in [2.45, 2.75) is 25.9 Å². The van der Waals surface area contributed by atoms with E-state index in [1.807, 2.05) is 0 Å². The van der Waals surface area contributed by atoms with Crippen molar-refractivity contribution in [3.05, 3.63) is 64.9 Å². The van der Waals surface area contributed by atoms with Crippen LogP contribution in [-0.2, 0) is 20.7 Å². The van der Waals surface area contributed by atoms with Crippen molar-refractivity contribution < 1.29 is 18.7 Å².